The van der Waals surface area contributed by atoms with Gasteiger partial charge < -0.3 is 5.32 Å². The van der Waals surface area contributed by atoms with E-state index in [0.29, 0.717) is 6.54 Å². The molecule has 1 N–H and O–H groups in total. The predicted molar refractivity (Wildman–Crippen MR) is 71.5 cm³/mol. The minimum absolute atomic E-state index is 0.00350. The van der Waals surface area contributed by atoms with Gasteiger partial charge in [-0.3, -0.25) is 4.79 Å². The molecule has 1 aromatic carbocycles. The largest absolute Gasteiger partial charge is 0.348 e. The van der Waals surface area contributed by atoms with Crippen LogP contribution in [0.15, 0.2) is 42.0 Å². The normalized spacial score (nSPS) is 12.4. The van der Waals surface area contributed by atoms with Crippen molar-refractivity contribution in [1.82, 2.24) is 5.32 Å². The van der Waals surface area contributed by atoms with Crippen molar-refractivity contribution < 1.29 is 4.79 Å². The molecule has 0 unspecified atom stereocenters. The van der Waals surface area contributed by atoms with Crippen molar-refractivity contribution in [2.24, 2.45) is 5.41 Å². The Morgan fingerprint density at radius 1 is 1.24 bits per heavy atom. The molecule has 2 heteroatoms. The first-order valence-electron chi connectivity index (χ1n) is 5.90. The number of carbonyl (C=O) groups is 1. The highest BCUT2D eigenvalue weighted by Gasteiger charge is 2.10. The summed E-state index contributed by atoms with van der Waals surface area (Å²) in [7, 11) is 0. The molecule has 1 rings (SSSR count). The molecule has 0 saturated heterocycles. The maximum Gasteiger partial charge on any atom is 0.246 e. The molecule has 0 radical (unpaired) electrons. The highest BCUT2D eigenvalue weighted by atomic mass is 16.1. The first-order chi connectivity index (χ1) is 7.88. The van der Waals surface area contributed by atoms with Crippen LogP contribution in [0.5, 0.6) is 0 Å². The van der Waals surface area contributed by atoms with Crippen LogP contribution in [0.3, 0.4) is 0 Å². The zero-order valence-electron chi connectivity index (χ0n) is 11.1. The standard InChI is InChI=1S/C15H21NO/c1-12(10-15(2,3)4)14(17)16-11-13-8-6-5-7-9-13/h5-10H,11H2,1-4H3,(H,16,17)/b12-10+. The summed E-state index contributed by atoms with van der Waals surface area (Å²) in [6.07, 6.45) is 1.99. The summed E-state index contributed by atoms with van der Waals surface area (Å²) in [5, 5.41) is 2.91. The highest BCUT2D eigenvalue weighted by molar-refractivity contribution is 5.92. The number of hydrogen-bond donors (Lipinski definition) is 1. The number of rotatable bonds is 3. The van der Waals surface area contributed by atoms with Crippen molar-refractivity contribution in [3.05, 3.63) is 47.5 Å². The van der Waals surface area contributed by atoms with Crippen LogP contribution in [0.4, 0.5) is 0 Å². The maximum absolute atomic E-state index is 11.8. The summed E-state index contributed by atoms with van der Waals surface area (Å²) in [5.41, 5.74) is 1.92. The van der Waals surface area contributed by atoms with Gasteiger partial charge in [-0.15, -0.1) is 0 Å². The van der Waals surface area contributed by atoms with E-state index in [1.54, 1.807) is 0 Å². The number of allylic oxidation sites excluding steroid dienone is 1. The fourth-order valence-electron chi connectivity index (χ4n) is 1.63. The molecule has 0 saturated carbocycles. The molecular weight excluding hydrogens is 210 g/mol. The van der Waals surface area contributed by atoms with Crippen LogP contribution >= 0.6 is 0 Å². The van der Waals surface area contributed by atoms with Gasteiger partial charge in [0.15, 0.2) is 0 Å². The van der Waals surface area contributed by atoms with Gasteiger partial charge in [-0.05, 0) is 17.9 Å². The van der Waals surface area contributed by atoms with E-state index in [1.165, 1.54) is 0 Å². The third kappa shape index (κ3) is 5.34. The van der Waals surface area contributed by atoms with Gasteiger partial charge in [0.2, 0.25) is 5.91 Å². The molecule has 0 aliphatic carbocycles. The van der Waals surface area contributed by atoms with Crippen molar-refractivity contribution in [3.8, 4) is 0 Å². The van der Waals surface area contributed by atoms with Gasteiger partial charge >= 0.3 is 0 Å². The van der Waals surface area contributed by atoms with Crippen LogP contribution in [0.25, 0.3) is 0 Å². The van der Waals surface area contributed by atoms with Gasteiger partial charge in [-0.1, -0.05) is 57.2 Å². The zero-order chi connectivity index (χ0) is 12.9. The first-order valence-corrected chi connectivity index (χ1v) is 5.90. The van der Waals surface area contributed by atoms with Gasteiger partial charge in [0.25, 0.3) is 0 Å². The van der Waals surface area contributed by atoms with E-state index in [-0.39, 0.29) is 11.3 Å². The highest BCUT2D eigenvalue weighted by Crippen LogP contribution is 2.17. The molecule has 0 aromatic heterocycles. The summed E-state index contributed by atoms with van der Waals surface area (Å²) >= 11 is 0. The lowest BCUT2D eigenvalue weighted by Crippen LogP contribution is -2.24. The number of nitrogens with one attached hydrogen (secondary N) is 1. The second kappa shape index (κ2) is 5.67. The topological polar surface area (TPSA) is 29.1 Å². The lowest BCUT2D eigenvalue weighted by atomic mass is 9.94. The fourth-order valence-corrected chi connectivity index (χ4v) is 1.63. The van der Waals surface area contributed by atoms with Gasteiger partial charge in [0.05, 0.1) is 0 Å². The van der Waals surface area contributed by atoms with Gasteiger partial charge in [0, 0.05) is 12.1 Å². The van der Waals surface area contributed by atoms with E-state index in [2.05, 4.69) is 26.1 Å². The molecule has 0 bridgehead atoms. The van der Waals surface area contributed by atoms with Gasteiger partial charge in [-0.25, -0.2) is 0 Å². The Bertz CT molecular complexity index is 399. The predicted octanol–water partition coefficient (Wildman–Crippen LogP) is 3.30. The van der Waals surface area contributed by atoms with Crippen LogP contribution in [0, 0.1) is 5.41 Å². The summed E-state index contributed by atoms with van der Waals surface area (Å²) in [4.78, 5) is 11.8. The van der Waals surface area contributed by atoms with E-state index in [0.717, 1.165) is 11.1 Å². The molecule has 0 aliphatic rings. The minimum atomic E-state index is 0.00350. The number of benzene rings is 1. The summed E-state index contributed by atoms with van der Waals surface area (Å²) in [6, 6.07) is 9.92. The summed E-state index contributed by atoms with van der Waals surface area (Å²) in [5.74, 6) is 0.00350. The number of carbonyl (C=O) groups excluding carboxylic acids is 1. The molecule has 1 aromatic rings. The second-order valence-corrected chi connectivity index (χ2v) is 5.36. The Morgan fingerprint density at radius 2 is 1.82 bits per heavy atom. The molecule has 17 heavy (non-hydrogen) atoms. The molecule has 0 heterocycles. The summed E-state index contributed by atoms with van der Waals surface area (Å²) in [6.45, 7) is 8.68. The Kier molecular flexibility index (Phi) is 4.50. The zero-order valence-corrected chi connectivity index (χ0v) is 11.1. The van der Waals surface area contributed by atoms with E-state index in [1.807, 2.05) is 43.3 Å². The molecule has 0 spiro atoms. The van der Waals surface area contributed by atoms with Gasteiger partial charge in [-0.2, -0.15) is 0 Å². The van der Waals surface area contributed by atoms with Crippen LogP contribution in [-0.4, -0.2) is 5.91 Å². The van der Waals surface area contributed by atoms with Crippen LogP contribution in [0.1, 0.15) is 33.3 Å². The lowest BCUT2D eigenvalue weighted by Gasteiger charge is -2.14. The van der Waals surface area contributed by atoms with E-state index >= 15 is 0 Å². The molecule has 92 valence electrons. The molecule has 0 aliphatic heterocycles. The quantitative estimate of drug-likeness (QED) is 0.795. The van der Waals surface area contributed by atoms with Crippen LogP contribution in [0.2, 0.25) is 0 Å². The molecular formula is C15H21NO. The Morgan fingerprint density at radius 3 is 2.35 bits per heavy atom. The average molecular weight is 231 g/mol. The second-order valence-electron chi connectivity index (χ2n) is 5.36. The monoisotopic (exact) mass is 231 g/mol. The molecule has 0 atom stereocenters. The van der Waals surface area contributed by atoms with Crippen molar-refractivity contribution in [1.29, 1.82) is 0 Å². The van der Waals surface area contributed by atoms with Crippen molar-refractivity contribution in [2.75, 3.05) is 0 Å². The van der Waals surface area contributed by atoms with Crippen molar-refractivity contribution in [2.45, 2.75) is 34.2 Å². The molecule has 0 fully saturated rings. The molecule has 2 nitrogen and oxygen atoms in total. The van der Waals surface area contributed by atoms with Crippen LogP contribution < -0.4 is 5.32 Å². The third-order valence-electron chi connectivity index (χ3n) is 2.30. The van der Waals surface area contributed by atoms with Crippen LogP contribution in [-0.2, 0) is 11.3 Å². The lowest BCUT2D eigenvalue weighted by molar-refractivity contribution is -0.117. The Balaban J connectivity index is 2.54. The maximum atomic E-state index is 11.8. The van der Waals surface area contributed by atoms with Crippen molar-refractivity contribution in [3.63, 3.8) is 0 Å². The number of hydrogen-bond acceptors (Lipinski definition) is 1. The van der Waals surface area contributed by atoms with E-state index in [9.17, 15) is 4.79 Å². The summed E-state index contributed by atoms with van der Waals surface area (Å²) < 4.78 is 0. The average Bonchev–Trinajstić information content (AvgIpc) is 2.25. The Labute approximate surface area is 104 Å². The smallest absolute Gasteiger partial charge is 0.246 e. The Hall–Kier alpha value is -1.57. The minimum Gasteiger partial charge on any atom is -0.348 e. The fraction of sp³-hybridized carbons (Fsp3) is 0.400. The first kappa shape index (κ1) is 13.5. The molecule has 1 amide bonds. The van der Waals surface area contributed by atoms with E-state index < -0.39 is 0 Å². The number of amides is 1. The van der Waals surface area contributed by atoms with Gasteiger partial charge in [0.1, 0.15) is 0 Å². The van der Waals surface area contributed by atoms with E-state index in [4.69, 9.17) is 0 Å². The van der Waals surface area contributed by atoms with Crippen molar-refractivity contribution >= 4 is 5.91 Å². The SMILES string of the molecule is C/C(=C\C(C)(C)C)C(=O)NCc1ccccc1. The third-order valence-corrected chi connectivity index (χ3v) is 2.30.